The fourth-order valence-corrected chi connectivity index (χ4v) is 1.99. The smallest absolute Gasteiger partial charge is 0.376 e. The maximum absolute atomic E-state index is 11.6. The molecule has 6 heteroatoms. The molecule has 6 nitrogen and oxygen atoms in total. The molecule has 2 atom stereocenters. The Balaban J connectivity index is 2.48. The summed E-state index contributed by atoms with van der Waals surface area (Å²) in [6, 6.07) is 0.201. The monoisotopic (exact) mass is 256 g/mol. The van der Waals surface area contributed by atoms with Crippen molar-refractivity contribution in [3.63, 3.8) is 0 Å². The minimum absolute atomic E-state index is 0.101. The summed E-state index contributed by atoms with van der Waals surface area (Å²) in [5.41, 5.74) is 5.49. The van der Waals surface area contributed by atoms with Crippen molar-refractivity contribution < 1.29 is 9.53 Å². The van der Waals surface area contributed by atoms with Crippen LogP contribution in [0.1, 0.15) is 40.5 Å². The third kappa shape index (κ3) is 4.52. The molecule has 1 aliphatic heterocycles. The van der Waals surface area contributed by atoms with Crippen molar-refractivity contribution in [2.75, 3.05) is 6.54 Å². The average Bonchev–Trinajstić information content (AvgIpc) is 2.13. The Morgan fingerprint density at radius 2 is 2.11 bits per heavy atom. The van der Waals surface area contributed by atoms with Gasteiger partial charge in [0.05, 0.1) is 0 Å². The van der Waals surface area contributed by atoms with Crippen LogP contribution in [0, 0.1) is 5.41 Å². The number of nitrogens with one attached hydrogen (secondary N) is 2. The molecule has 0 aromatic carbocycles. The predicted molar refractivity (Wildman–Crippen MR) is 70.5 cm³/mol. The lowest BCUT2D eigenvalue weighted by Gasteiger charge is -2.36. The molecule has 1 heterocycles. The summed E-state index contributed by atoms with van der Waals surface area (Å²) in [5.74, 6) is 0. The van der Waals surface area contributed by atoms with Gasteiger partial charge in [0.15, 0.2) is 0 Å². The van der Waals surface area contributed by atoms with E-state index in [0.29, 0.717) is 6.54 Å². The van der Waals surface area contributed by atoms with Crippen LogP contribution < -0.4 is 11.1 Å². The van der Waals surface area contributed by atoms with E-state index in [1.165, 1.54) is 0 Å². The highest BCUT2D eigenvalue weighted by molar-refractivity contribution is 5.85. The van der Waals surface area contributed by atoms with E-state index >= 15 is 0 Å². The minimum Gasteiger partial charge on any atom is -0.376 e. The maximum atomic E-state index is 11.6. The van der Waals surface area contributed by atoms with Crippen molar-refractivity contribution in [1.82, 2.24) is 10.2 Å². The molecule has 0 spiro atoms. The summed E-state index contributed by atoms with van der Waals surface area (Å²) >= 11 is 0. The zero-order chi connectivity index (χ0) is 13.9. The second-order valence-corrected chi connectivity index (χ2v) is 5.90. The molecule has 0 aliphatic carbocycles. The number of amidine groups is 1. The van der Waals surface area contributed by atoms with E-state index in [0.717, 1.165) is 12.8 Å². The van der Waals surface area contributed by atoms with E-state index in [4.69, 9.17) is 15.9 Å². The molecule has 0 saturated carbocycles. The molecule has 1 saturated heterocycles. The van der Waals surface area contributed by atoms with E-state index in [9.17, 15) is 4.79 Å². The van der Waals surface area contributed by atoms with Crippen LogP contribution in [0.2, 0.25) is 0 Å². The molecular weight excluding hydrogens is 232 g/mol. The number of piperidine rings is 1. The standard InChI is InChI=1S/C12H24N4O2/c1-8-7-9(13)5-6-16(8)10(14)18-11(17)15-12(2,3)4/h8-9,14H,5-7,13H2,1-4H3,(H,15,17). The number of hydrogen-bond acceptors (Lipinski definition) is 4. The number of rotatable bonds is 0. The first-order valence-corrected chi connectivity index (χ1v) is 6.30. The van der Waals surface area contributed by atoms with Crippen LogP contribution in [0.25, 0.3) is 0 Å². The van der Waals surface area contributed by atoms with E-state index in [1.54, 1.807) is 4.90 Å². The number of ether oxygens (including phenoxy) is 1. The number of alkyl carbamates (subject to hydrolysis) is 1. The van der Waals surface area contributed by atoms with Crippen molar-refractivity contribution >= 4 is 12.1 Å². The van der Waals surface area contributed by atoms with E-state index < -0.39 is 6.09 Å². The van der Waals surface area contributed by atoms with Gasteiger partial charge in [0, 0.05) is 24.2 Å². The first kappa shape index (κ1) is 14.8. The average molecular weight is 256 g/mol. The highest BCUT2D eigenvalue weighted by atomic mass is 16.6. The second kappa shape index (κ2) is 5.56. The Bertz CT molecular complexity index is 325. The summed E-state index contributed by atoms with van der Waals surface area (Å²) in [6.07, 6.45) is 1.04. The van der Waals surface area contributed by atoms with E-state index in [-0.39, 0.29) is 23.6 Å². The van der Waals surface area contributed by atoms with E-state index in [2.05, 4.69) is 5.32 Å². The highest BCUT2D eigenvalue weighted by Crippen LogP contribution is 2.16. The Kier molecular flexibility index (Phi) is 4.56. The Morgan fingerprint density at radius 1 is 1.50 bits per heavy atom. The van der Waals surface area contributed by atoms with Crippen molar-refractivity contribution in [1.29, 1.82) is 5.41 Å². The summed E-state index contributed by atoms with van der Waals surface area (Å²) in [6.45, 7) is 8.23. The van der Waals surface area contributed by atoms with Gasteiger partial charge in [-0.15, -0.1) is 0 Å². The Morgan fingerprint density at radius 3 is 2.61 bits per heavy atom. The first-order valence-electron chi connectivity index (χ1n) is 6.30. The molecular formula is C12H24N4O2. The summed E-state index contributed by atoms with van der Waals surface area (Å²) in [7, 11) is 0. The van der Waals surface area contributed by atoms with Gasteiger partial charge in [-0.3, -0.25) is 5.41 Å². The van der Waals surface area contributed by atoms with Crippen molar-refractivity contribution in [3.8, 4) is 0 Å². The number of amides is 1. The molecule has 4 N–H and O–H groups in total. The number of hydrogen-bond donors (Lipinski definition) is 3. The molecule has 0 aromatic heterocycles. The summed E-state index contributed by atoms with van der Waals surface area (Å²) < 4.78 is 4.99. The lowest BCUT2D eigenvalue weighted by molar-refractivity contribution is 0.154. The van der Waals surface area contributed by atoms with Crippen molar-refractivity contribution in [2.24, 2.45) is 5.73 Å². The molecule has 1 rings (SSSR count). The summed E-state index contributed by atoms with van der Waals surface area (Å²) in [5, 5.41) is 10.5. The summed E-state index contributed by atoms with van der Waals surface area (Å²) in [4.78, 5) is 13.3. The van der Waals surface area contributed by atoms with Crippen LogP contribution in [0.15, 0.2) is 0 Å². The topological polar surface area (TPSA) is 91.4 Å². The van der Waals surface area contributed by atoms with Gasteiger partial charge in [-0.25, -0.2) is 4.79 Å². The van der Waals surface area contributed by atoms with E-state index in [1.807, 2.05) is 27.7 Å². The zero-order valence-corrected chi connectivity index (χ0v) is 11.6. The quantitative estimate of drug-likeness (QED) is 0.449. The Labute approximate surface area is 108 Å². The maximum Gasteiger partial charge on any atom is 0.415 e. The molecule has 1 aliphatic rings. The molecule has 2 unspecified atom stereocenters. The molecule has 1 fully saturated rings. The van der Waals surface area contributed by atoms with Crippen LogP contribution in [0.5, 0.6) is 0 Å². The van der Waals surface area contributed by atoms with Crippen LogP contribution in [0.3, 0.4) is 0 Å². The number of nitrogens with zero attached hydrogens (tertiary/aromatic N) is 1. The highest BCUT2D eigenvalue weighted by Gasteiger charge is 2.27. The molecule has 18 heavy (non-hydrogen) atoms. The number of carbonyl (C=O) groups excluding carboxylic acids is 1. The predicted octanol–water partition coefficient (Wildman–Crippen LogP) is 1.26. The minimum atomic E-state index is -0.588. The van der Waals surface area contributed by atoms with Gasteiger partial charge in [0.25, 0.3) is 6.02 Å². The largest absolute Gasteiger partial charge is 0.415 e. The lowest BCUT2D eigenvalue weighted by atomic mass is 10.00. The fourth-order valence-electron chi connectivity index (χ4n) is 1.99. The SMILES string of the molecule is CC1CC(N)CCN1C(=N)OC(=O)NC(C)(C)C. The van der Waals surface area contributed by atoms with Gasteiger partial charge in [-0.05, 0) is 40.5 Å². The fraction of sp³-hybridized carbons (Fsp3) is 0.833. The number of likely N-dealkylation sites (tertiary alicyclic amines) is 1. The first-order chi connectivity index (χ1) is 8.19. The normalized spacial score (nSPS) is 24.6. The second-order valence-electron chi connectivity index (χ2n) is 5.90. The molecule has 0 bridgehead atoms. The number of carbonyl (C=O) groups is 1. The van der Waals surface area contributed by atoms with Gasteiger partial charge >= 0.3 is 6.09 Å². The third-order valence-corrected chi connectivity index (χ3v) is 2.84. The van der Waals surface area contributed by atoms with Crippen LogP contribution in [-0.4, -0.2) is 41.2 Å². The van der Waals surface area contributed by atoms with Gasteiger partial charge in [0.1, 0.15) is 0 Å². The van der Waals surface area contributed by atoms with Gasteiger partial charge in [0.2, 0.25) is 0 Å². The number of nitrogens with two attached hydrogens (primary N) is 1. The van der Waals surface area contributed by atoms with Gasteiger partial charge in [-0.1, -0.05) is 0 Å². The Hall–Kier alpha value is -1.30. The van der Waals surface area contributed by atoms with Crippen molar-refractivity contribution in [3.05, 3.63) is 0 Å². The molecule has 104 valence electrons. The molecule has 1 amide bonds. The zero-order valence-electron chi connectivity index (χ0n) is 11.6. The lowest BCUT2D eigenvalue weighted by Crippen LogP contribution is -2.50. The van der Waals surface area contributed by atoms with Crippen molar-refractivity contribution in [2.45, 2.75) is 58.2 Å². The van der Waals surface area contributed by atoms with Gasteiger partial charge < -0.3 is 20.7 Å². The van der Waals surface area contributed by atoms with Gasteiger partial charge in [-0.2, -0.15) is 0 Å². The third-order valence-electron chi connectivity index (χ3n) is 2.84. The van der Waals surface area contributed by atoms with Crippen LogP contribution in [-0.2, 0) is 4.74 Å². The van der Waals surface area contributed by atoms with Crippen LogP contribution >= 0.6 is 0 Å². The molecule has 0 radical (unpaired) electrons. The molecule has 0 aromatic rings. The van der Waals surface area contributed by atoms with Crippen LogP contribution in [0.4, 0.5) is 4.79 Å².